The third kappa shape index (κ3) is 3.14. The van der Waals surface area contributed by atoms with E-state index in [9.17, 15) is 0 Å². The summed E-state index contributed by atoms with van der Waals surface area (Å²) in [7, 11) is 0. The van der Waals surface area contributed by atoms with Gasteiger partial charge in [-0.15, -0.1) is 11.3 Å². The van der Waals surface area contributed by atoms with Crippen molar-refractivity contribution in [2.75, 3.05) is 0 Å². The number of hydrogen-bond donors (Lipinski definition) is 1. The Bertz CT molecular complexity index is 454. The van der Waals surface area contributed by atoms with Crippen LogP contribution in [0.15, 0.2) is 34.4 Å². The zero-order chi connectivity index (χ0) is 11.4. The van der Waals surface area contributed by atoms with Crippen LogP contribution in [0.2, 0.25) is 0 Å². The van der Waals surface area contributed by atoms with Gasteiger partial charge in [-0.25, -0.2) is 0 Å². The Balaban J connectivity index is 1.87. The van der Waals surface area contributed by atoms with Crippen molar-refractivity contribution >= 4 is 27.3 Å². The van der Waals surface area contributed by atoms with E-state index in [4.69, 9.17) is 0 Å². The van der Waals surface area contributed by atoms with Crippen molar-refractivity contribution < 1.29 is 0 Å². The molecule has 84 valence electrons. The number of rotatable bonds is 4. The SMILES string of the molecule is Cc1ccc(CNCc2cncs2)cc1Br. The molecule has 1 heterocycles. The van der Waals surface area contributed by atoms with Crippen molar-refractivity contribution in [3.63, 3.8) is 0 Å². The van der Waals surface area contributed by atoms with Crippen molar-refractivity contribution in [3.8, 4) is 0 Å². The zero-order valence-electron chi connectivity index (χ0n) is 9.03. The summed E-state index contributed by atoms with van der Waals surface area (Å²) in [5.74, 6) is 0. The monoisotopic (exact) mass is 296 g/mol. The molecule has 0 saturated carbocycles. The smallest absolute Gasteiger partial charge is 0.0794 e. The summed E-state index contributed by atoms with van der Waals surface area (Å²) >= 11 is 5.22. The maximum Gasteiger partial charge on any atom is 0.0794 e. The number of aryl methyl sites for hydroxylation is 1. The van der Waals surface area contributed by atoms with Crippen molar-refractivity contribution in [1.82, 2.24) is 10.3 Å². The Hall–Kier alpha value is -0.710. The standard InChI is InChI=1S/C12H13BrN2S/c1-9-2-3-10(4-12(9)13)5-14-6-11-7-15-8-16-11/h2-4,7-8,14H,5-6H2,1H3. The van der Waals surface area contributed by atoms with E-state index in [2.05, 4.69) is 51.4 Å². The molecule has 0 bridgehead atoms. The predicted octanol–water partition coefficient (Wildman–Crippen LogP) is 3.50. The summed E-state index contributed by atoms with van der Waals surface area (Å²) in [6, 6.07) is 6.45. The average molecular weight is 297 g/mol. The minimum absolute atomic E-state index is 0.885. The topological polar surface area (TPSA) is 24.9 Å². The molecule has 4 heteroatoms. The normalized spacial score (nSPS) is 10.6. The summed E-state index contributed by atoms with van der Waals surface area (Å²) in [6.45, 7) is 3.87. The van der Waals surface area contributed by atoms with E-state index in [-0.39, 0.29) is 0 Å². The molecule has 2 rings (SSSR count). The van der Waals surface area contributed by atoms with E-state index in [0.717, 1.165) is 13.1 Å². The molecule has 2 nitrogen and oxygen atoms in total. The maximum absolute atomic E-state index is 4.04. The van der Waals surface area contributed by atoms with Gasteiger partial charge in [0.15, 0.2) is 0 Å². The van der Waals surface area contributed by atoms with Gasteiger partial charge in [0.2, 0.25) is 0 Å². The minimum Gasteiger partial charge on any atom is -0.308 e. The number of nitrogens with one attached hydrogen (secondary N) is 1. The lowest BCUT2D eigenvalue weighted by atomic mass is 10.1. The summed E-state index contributed by atoms with van der Waals surface area (Å²) in [4.78, 5) is 5.31. The molecule has 0 unspecified atom stereocenters. The van der Waals surface area contributed by atoms with Crippen LogP contribution in [0, 0.1) is 6.92 Å². The van der Waals surface area contributed by atoms with Gasteiger partial charge >= 0.3 is 0 Å². The maximum atomic E-state index is 4.04. The molecule has 1 N–H and O–H groups in total. The van der Waals surface area contributed by atoms with Gasteiger partial charge in [0.25, 0.3) is 0 Å². The minimum atomic E-state index is 0.885. The van der Waals surface area contributed by atoms with Gasteiger partial charge in [-0.1, -0.05) is 28.1 Å². The van der Waals surface area contributed by atoms with Gasteiger partial charge in [0.1, 0.15) is 0 Å². The van der Waals surface area contributed by atoms with Crippen LogP contribution >= 0.6 is 27.3 Å². The molecule has 0 aliphatic rings. The molecule has 2 aromatic rings. The van der Waals surface area contributed by atoms with Crippen LogP contribution in [0.25, 0.3) is 0 Å². The molecule has 0 saturated heterocycles. The number of halogens is 1. The predicted molar refractivity (Wildman–Crippen MR) is 71.5 cm³/mol. The first kappa shape index (κ1) is 11.8. The van der Waals surface area contributed by atoms with Crippen LogP contribution in [0.5, 0.6) is 0 Å². The summed E-state index contributed by atoms with van der Waals surface area (Å²) in [5, 5.41) is 3.40. The zero-order valence-corrected chi connectivity index (χ0v) is 11.4. The van der Waals surface area contributed by atoms with Gasteiger partial charge in [0, 0.05) is 28.6 Å². The summed E-state index contributed by atoms with van der Waals surface area (Å²) in [6.07, 6.45) is 1.91. The fourth-order valence-corrected chi connectivity index (χ4v) is 2.40. The Morgan fingerprint density at radius 3 is 2.94 bits per heavy atom. The molecule has 0 fully saturated rings. The summed E-state index contributed by atoms with van der Waals surface area (Å²) in [5.41, 5.74) is 4.42. The first-order valence-electron chi connectivity index (χ1n) is 5.09. The second-order valence-corrected chi connectivity index (χ2v) is 5.48. The van der Waals surface area contributed by atoms with E-state index in [1.165, 1.54) is 20.5 Å². The molecule has 0 aliphatic heterocycles. The van der Waals surface area contributed by atoms with Crippen molar-refractivity contribution in [3.05, 3.63) is 50.4 Å². The lowest BCUT2D eigenvalue weighted by Crippen LogP contribution is -2.11. The largest absolute Gasteiger partial charge is 0.308 e. The van der Waals surface area contributed by atoms with Gasteiger partial charge in [-0.3, -0.25) is 4.98 Å². The highest BCUT2D eigenvalue weighted by Gasteiger charge is 1.98. The average Bonchev–Trinajstić information content (AvgIpc) is 2.76. The van der Waals surface area contributed by atoms with Crippen LogP contribution in [0.4, 0.5) is 0 Å². The summed E-state index contributed by atoms with van der Waals surface area (Å²) < 4.78 is 1.17. The Labute approximate surface area is 108 Å². The van der Waals surface area contributed by atoms with E-state index >= 15 is 0 Å². The molecule has 16 heavy (non-hydrogen) atoms. The number of benzene rings is 1. The molecule has 0 aliphatic carbocycles. The quantitative estimate of drug-likeness (QED) is 0.934. The van der Waals surface area contributed by atoms with Gasteiger partial charge in [0.05, 0.1) is 5.51 Å². The highest BCUT2D eigenvalue weighted by molar-refractivity contribution is 9.10. The third-order valence-corrected chi connectivity index (χ3v) is 3.98. The lowest BCUT2D eigenvalue weighted by molar-refractivity contribution is 0.699. The highest BCUT2D eigenvalue weighted by atomic mass is 79.9. The molecule has 0 amide bonds. The van der Waals surface area contributed by atoms with Crippen molar-refractivity contribution in [1.29, 1.82) is 0 Å². The van der Waals surface area contributed by atoms with Gasteiger partial charge in [-0.05, 0) is 24.1 Å². The molecule has 0 radical (unpaired) electrons. The Kier molecular flexibility index (Phi) is 4.09. The number of thiazole rings is 1. The van der Waals surface area contributed by atoms with E-state index in [1.54, 1.807) is 11.3 Å². The van der Waals surface area contributed by atoms with Gasteiger partial charge < -0.3 is 5.32 Å². The molecule has 1 aromatic carbocycles. The second kappa shape index (κ2) is 5.57. The number of hydrogen-bond acceptors (Lipinski definition) is 3. The first-order valence-corrected chi connectivity index (χ1v) is 6.76. The number of aromatic nitrogens is 1. The van der Waals surface area contributed by atoms with E-state index < -0.39 is 0 Å². The van der Waals surface area contributed by atoms with Crippen molar-refractivity contribution in [2.45, 2.75) is 20.0 Å². The van der Waals surface area contributed by atoms with Crippen LogP contribution in [0.1, 0.15) is 16.0 Å². The van der Waals surface area contributed by atoms with Crippen molar-refractivity contribution in [2.24, 2.45) is 0 Å². The fourth-order valence-electron chi connectivity index (χ4n) is 1.41. The third-order valence-electron chi connectivity index (χ3n) is 2.35. The Morgan fingerprint density at radius 1 is 1.38 bits per heavy atom. The highest BCUT2D eigenvalue weighted by Crippen LogP contribution is 2.17. The van der Waals surface area contributed by atoms with Gasteiger partial charge in [-0.2, -0.15) is 0 Å². The van der Waals surface area contributed by atoms with Crippen LogP contribution < -0.4 is 5.32 Å². The molecular formula is C12H13BrN2S. The number of nitrogens with zero attached hydrogens (tertiary/aromatic N) is 1. The Morgan fingerprint density at radius 2 is 2.25 bits per heavy atom. The van der Waals surface area contributed by atoms with Crippen LogP contribution in [0.3, 0.4) is 0 Å². The van der Waals surface area contributed by atoms with E-state index in [0.29, 0.717) is 0 Å². The first-order chi connectivity index (χ1) is 7.75. The van der Waals surface area contributed by atoms with Crippen LogP contribution in [-0.4, -0.2) is 4.98 Å². The second-order valence-electron chi connectivity index (χ2n) is 3.65. The lowest BCUT2D eigenvalue weighted by Gasteiger charge is -2.05. The van der Waals surface area contributed by atoms with Crippen LogP contribution in [-0.2, 0) is 13.1 Å². The van der Waals surface area contributed by atoms with E-state index in [1.807, 2.05) is 11.7 Å². The fraction of sp³-hybridized carbons (Fsp3) is 0.250. The molecule has 0 spiro atoms. The molecular weight excluding hydrogens is 284 g/mol. The molecule has 1 aromatic heterocycles. The molecule has 0 atom stereocenters.